The lowest BCUT2D eigenvalue weighted by Crippen LogP contribution is -2.32. The molecule has 0 radical (unpaired) electrons. The fourth-order valence-corrected chi connectivity index (χ4v) is 4.21. The lowest BCUT2D eigenvalue weighted by atomic mass is 10.0. The first-order valence-electron chi connectivity index (χ1n) is 13.8. The Labute approximate surface area is 216 Å². The van der Waals surface area contributed by atoms with Crippen molar-refractivity contribution >= 4 is 29.2 Å². The summed E-state index contributed by atoms with van der Waals surface area (Å²) in [7, 11) is 0. The minimum absolute atomic E-state index is 0.0228. The molecule has 0 aromatic rings. The minimum Gasteiger partial charge on any atom is -0.379 e. The Morgan fingerprint density at radius 3 is 1.81 bits per heavy atom. The normalized spacial score (nSPS) is 15.6. The van der Waals surface area contributed by atoms with E-state index in [0.717, 1.165) is 32.1 Å². The van der Waals surface area contributed by atoms with Gasteiger partial charge >= 0.3 is 0 Å². The molecule has 1 rings (SSSR count). The number of Topliss-reactive ketones (excluding diaryl/α,β-unsaturated/α-hetero) is 3. The monoisotopic (exact) mass is 509 g/mol. The average molecular weight is 510 g/mol. The van der Waals surface area contributed by atoms with Crippen molar-refractivity contribution in [3.63, 3.8) is 0 Å². The Hall–Kier alpha value is -1.93. The van der Waals surface area contributed by atoms with Crippen LogP contribution in [0.5, 0.6) is 0 Å². The van der Waals surface area contributed by atoms with Crippen LogP contribution < -0.4 is 0 Å². The van der Waals surface area contributed by atoms with Gasteiger partial charge < -0.3 is 14.3 Å². The third-order valence-corrected chi connectivity index (χ3v) is 6.46. The second kappa shape index (κ2) is 20.2. The minimum atomic E-state index is -0.275. The van der Waals surface area contributed by atoms with E-state index < -0.39 is 0 Å². The molecule has 1 unspecified atom stereocenters. The summed E-state index contributed by atoms with van der Waals surface area (Å²) < 4.78 is 10.9. The first-order valence-corrected chi connectivity index (χ1v) is 13.8. The SMILES string of the molecule is CC(=O)CCCCCCCCCCC(=O)CCOCCOCCCC(=O)CCN1C(=O)CC(C)C1=O. The van der Waals surface area contributed by atoms with Crippen molar-refractivity contribution in [2.75, 3.05) is 33.0 Å². The molecule has 206 valence electrons. The standard InChI is InChI=1S/C28H47NO7/c1-23-22-27(33)29(28(23)34)17-15-25(31)14-11-18-35-20-21-36-19-16-26(32)13-10-8-6-4-3-5-7-9-12-24(2)30/h23H,3-22H2,1-2H3. The first-order chi connectivity index (χ1) is 17.3. The Kier molecular flexibility index (Phi) is 18.0. The lowest BCUT2D eigenvalue weighted by molar-refractivity contribution is -0.139. The van der Waals surface area contributed by atoms with Gasteiger partial charge in [0.2, 0.25) is 11.8 Å². The van der Waals surface area contributed by atoms with Crippen molar-refractivity contribution in [2.24, 2.45) is 5.92 Å². The maximum atomic E-state index is 12.0. The molecule has 0 aromatic carbocycles. The van der Waals surface area contributed by atoms with Gasteiger partial charge in [0, 0.05) is 57.6 Å². The summed E-state index contributed by atoms with van der Waals surface area (Å²) in [5.41, 5.74) is 0. The van der Waals surface area contributed by atoms with Crippen molar-refractivity contribution in [1.82, 2.24) is 4.90 Å². The second-order valence-electron chi connectivity index (χ2n) is 9.92. The summed E-state index contributed by atoms with van der Waals surface area (Å²) in [6.45, 7) is 5.26. The molecule has 1 atom stereocenters. The summed E-state index contributed by atoms with van der Waals surface area (Å²) >= 11 is 0. The fourth-order valence-electron chi connectivity index (χ4n) is 4.21. The third-order valence-electron chi connectivity index (χ3n) is 6.46. The Bertz CT molecular complexity index is 691. The van der Waals surface area contributed by atoms with Crippen LogP contribution in [0.4, 0.5) is 0 Å². The Morgan fingerprint density at radius 1 is 0.694 bits per heavy atom. The number of likely N-dealkylation sites (tertiary alicyclic amines) is 1. The number of ketones is 3. The van der Waals surface area contributed by atoms with Crippen LogP contribution in [-0.2, 0) is 33.4 Å². The number of ether oxygens (including phenoxy) is 2. The molecular formula is C28H47NO7. The molecule has 0 spiro atoms. The van der Waals surface area contributed by atoms with E-state index in [2.05, 4.69) is 0 Å². The summed E-state index contributed by atoms with van der Waals surface area (Å²) in [5, 5.41) is 0. The number of imide groups is 1. The molecule has 1 fully saturated rings. The van der Waals surface area contributed by atoms with Crippen molar-refractivity contribution < 1.29 is 33.4 Å². The molecule has 8 nitrogen and oxygen atoms in total. The molecule has 0 bridgehead atoms. The number of carbonyl (C=O) groups excluding carboxylic acids is 5. The molecule has 0 aromatic heterocycles. The highest BCUT2D eigenvalue weighted by Gasteiger charge is 2.35. The van der Waals surface area contributed by atoms with Gasteiger partial charge in [-0.1, -0.05) is 45.4 Å². The number of hydrogen-bond donors (Lipinski definition) is 0. The van der Waals surface area contributed by atoms with Crippen molar-refractivity contribution in [1.29, 1.82) is 0 Å². The van der Waals surface area contributed by atoms with E-state index in [1.807, 2.05) is 0 Å². The van der Waals surface area contributed by atoms with E-state index in [1.54, 1.807) is 13.8 Å². The van der Waals surface area contributed by atoms with Gasteiger partial charge in [-0.25, -0.2) is 0 Å². The Balaban J connectivity index is 1.83. The summed E-state index contributed by atoms with van der Waals surface area (Å²) in [5.74, 6) is -0.104. The van der Waals surface area contributed by atoms with Crippen LogP contribution in [0.1, 0.15) is 110 Å². The smallest absolute Gasteiger partial charge is 0.232 e. The zero-order valence-electron chi connectivity index (χ0n) is 22.5. The molecule has 1 aliphatic rings. The van der Waals surface area contributed by atoms with Gasteiger partial charge in [-0.3, -0.25) is 24.1 Å². The molecule has 0 saturated carbocycles. The number of carbonyl (C=O) groups is 5. The second-order valence-corrected chi connectivity index (χ2v) is 9.92. The largest absolute Gasteiger partial charge is 0.379 e. The highest BCUT2D eigenvalue weighted by molar-refractivity contribution is 6.03. The highest BCUT2D eigenvalue weighted by Crippen LogP contribution is 2.19. The first kappa shape index (κ1) is 32.1. The summed E-state index contributed by atoms with van der Waals surface area (Å²) in [6.07, 6.45) is 12.1. The van der Waals surface area contributed by atoms with E-state index >= 15 is 0 Å². The highest BCUT2D eigenvalue weighted by atomic mass is 16.5. The predicted octanol–water partition coefficient (Wildman–Crippen LogP) is 4.60. The zero-order chi connectivity index (χ0) is 26.6. The maximum Gasteiger partial charge on any atom is 0.232 e. The van der Waals surface area contributed by atoms with Crippen LogP contribution >= 0.6 is 0 Å². The number of hydrogen-bond acceptors (Lipinski definition) is 7. The van der Waals surface area contributed by atoms with Crippen molar-refractivity contribution in [3.05, 3.63) is 0 Å². The molecule has 1 aliphatic heterocycles. The van der Waals surface area contributed by atoms with Crippen molar-refractivity contribution in [2.45, 2.75) is 110 Å². The molecule has 0 aliphatic carbocycles. The zero-order valence-corrected chi connectivity index (χ0v) is 22.5. The topological polar surface area (TPSA) is 107 Å². The molecular weight excluding hydrogens is 462 g/mol. The maximum absolute atomic E-state index is 12.0. The molecule has 0 N–H and O–H groups in total. The third kappa shape index (κ3) is 15.9. The van der Waals surface area contributed by atoms with Crippen LogP contribution in [0, 0.1) is 5.92 Å². The summed E-state index contributed by atoms with van der Waals surface area (Å²) in [4.78, 5) is 59.5. The molecule has 8 heteroatoms. The van der Waals surface area contributed by atoms with Crippen LogP contribution in [-0.4, -0.2) is 67.0 Å². The van der Waals surface area contributed by atoms with E-state index in [9.17, 15) is 24.0 Å². The average Bonchev–Trinajstić information content (AvgIpc) is 3.08. The molecule has 36 heavy (non-hydrogen) atoms. The van der Waals surface area contributed by atoms with E-state index in [1.165, 1.54) is 24.2 Å². The van der Waals surface area contributed by atoms with Gasteiger partial charge in [0.15, 0.2) is 0 Å². The number of nitrogens with zero attached hydrogens (tertiary/aromatic N) is 1. The van der Waals surface area contributed by atoms with E-state index in [0.29, 0.717) is 58.5 Å². The van der Waals surface area contributed by atoms with E-state index in [4.69, 9.17) is 9.47 Å². The van der Waals surface area contributed by atoms with Crippen LogP contribution in [0.15, 0.2) is 0 Å². The van der Waals surface area contributed by atoms with Gasteiger partial charge in [0.25, 0.3) is 0 Å². The summed E-state index contributed by atoms with van der Waals surface area (Å²) in [6, 6.07) is 0. The Morgan fingerprint density at radius 2 is 1.22 bits per heavy atom. The van der Waals surface area contributed by atoms with Crippen LogP contribution in [0.3, 0.4) is 0 Å². The van der Waals surface area contributed by atoms with Gasteiger partial charge in [-0.15, -0.1) is 0 Å². The van der Waals surface area contributed by atoms with Gasteiger partial charge in [0.1, 0.15) is 17.3 Å². The number of amides is 2. The van der Waals surface area contributed by atoms with Crippen LogP contribution in [0.2, 0.25) is 0 Å². The van der Waals surface area contributed by atoms with Crippen molar-refractivity contribution in [3.8, 4) is 0 Å². The molecule has 1 saturated heterocycles. The molecule has 2 amide bonds. The van der Waals surface area contributed by atoms with Gasteiger partial charge in [-0.05, 0) is 26.2 Å². The van der Waals surface area contributed by atoms with Gasteiger partial charge in [-0.2, -0.15) is 0 Å². The fraction of sp³-hybridized carbons (Fsp3) is 0.821. The van der Waals surface area contributed by atoms with Crippen LogP contribution in [0.25, 0.3) is 0 Å². The van der Waals surface area contributed by atoms with Gasteiger partial charge in [0.05, 0.1) is 19.8 Å². The molecule has 1 heterocycles. The lowest BCUT2D eigenvalue weighted by Gasteiger charge is -2.13. The number of unbranched alkanes of at least 4 members (excludes halogenated alkanes) is 7. The quantitative estimate of drug-likeness (QED) is 0.138. The predicted molar refractivity (Wildman–Crippen MR) is 137 cm³/mol. The number of rotatable bonds is 24. The van der Waals surface area contributed by atoms with E-state index in [-0.39, 0.29) is 54.5 Å².